The molecule has 0 amide bonds. The second-order valence-corrected chi connectivity index (χ2v) is 6.01. The van der Waals surface area contributed by atoms with Crippen LogP contribution in [0.3, 0.4) is 0 Å². The van der Waals surface area contributed by atoms with Gasteiger partial charge in [-0.3, -0.25) is 4.90 Å². The summed E-state index contributed by atoms with van der Waals surface area (Å²) in [7, 11) is 0. The fourth-order valence-corrected chi connectivity index (χ4v) is 3.10. The van der Waals surface area contributed by atoms with E-state index in [0.29, 0.717) is 6.04 Å². The van der Waals surface area contributed by atoms with E-state index in [2.05, 4.69) is 54.6 Å². The normalized spacial score (nSPS) is 17.2. The van der Waals surface area contributed by atoms with Crippen LogP contribution in [0.4, 0.5) is 0 Å². The minimum Gasteiger partial charge on any atom is -0.379 e. The van der Waals surface area contributed by atoms with Crippen LogP contribution in [-0.2, 0) is 11.3 Å². The molecule has 108 valence electrons. The van der Waals surface area contributed by atoms with Crippen LogP contribution in [0.25, 0.3) is 10.9 Å². The molecule has 0 unspecified atom stereocenters. The van der Waals surface area contributed by atoms with Gasteiger partial charge in [0.05, 0.1) is 18.7 Å². The first-order valence-electron chi connectivity index (χ1n) is 7.56. The minimum atomic E-state index is 0.497. The number of hydrogen-bond donors (Lipinski definition) is 0. The highest BCUT2D eigenvalue weighted by Gasteiger charge is 2.16. The van der Waals surface area contributed by atoms with Gasteiger partial charge in [0.25, 0.3) is 0 Å². The van der Waals surface area contributed by atoms with Gasteiger partial charge in [0.1, 0.15) is 0 Å². The average molecular weight is 272 g/mol. The van der Waals surface area contributed by atoms with E-state index in [4.69, 9.17) is 4.74 Å². The van der Waals surface area contributed by atoms with Crippen LogP contribution in [0.2, 0.25) is 0 Å². The van der Waals surface area contributed by atoms with Gasteiger partial charge in [-0.05, 0) is 31.9 Å². The summed E-state index contributed by atoms with van der Waals surface area (Å²) in [5.41, 5.74) is 4.20. The molecule has 1 aliphatic rings. The number of hydrogen-bond acceptors (Lipinski definition) is 2. The van der Waals surface area contributed by atoms with E-state index in [-0.39, 0.29) is 0 Å². The number of fused-ring (bicyclic) bond motifs is 1. The Bertz CT molecular complexity index is 594. The lowest BCUT2D eigenvalue weighted by Crippen LogP contribution is -2.35. The minimum absolute atomic E-state index is 0.497. The van der Waals surface area contributed by atoms with Crippen LogP contribution >= 0.6 is 0 Å². The van der Waals surface area contributed by atoms with E-state index < -0.39 is 0 Å². The third-order valence-corrected chi connectivity index (χ3v) is 4.19. The van der Waals surface area contributed by atoms with Crippen molar-refractivity contribution < 1.29 is 4.74 Å². The molecule has 1 saturated heterocycles. The Morgan fingerprint density at radius 1 is 1.20 bits per heavy atom. The summed E-state index contributed by atoms with van der Waals surface area (Å²) in [6.07, 6.45) is 2.35. The Labute approximate surface area is 121 Å². The maximum absolute atomic E-state index is 5.44. The summed E-state index contributed by atoms with van der Waals surface area (Å²) in [6, 6.07) is 7.14. The number of ether oxygens (including phenoxy) is 1. The van der Waals surface area contributed by atoms with E-state index >= 15 is 0 Å². The molecule has 3 heteroatoms. The summed E-state index contributed by atoms with van der Waals surface area (Å²) in [6.45, 7) is 11.6. The number of benzene rings is 1. The van der Waals surface area contributed by atoms with Crippen LogP contribution in [0.5, 0.6) is 0 Å². The molecule has 1 fully saturated rings. The van der Waals surface area contributed by atoms with Crippen LogP contribution in [0.1, 0.15) is 31.0 Å². The molecule has 0 saturated carbocycles. The van der Waals surface area contributed by atoms with E-state index in [0.717, 1.165) is 32.8 Å². The Kier molecular flexibility index (Phi) is 3.81. The number of nitrogens with zero attached hydrogens (tertiary/aromatic N) is 2. The molecular formula is C17H24N2O. The lowest BCUT2D eigenvalue weighted by Gasteiger charge is -2.26. The number of aryl methyl sites for hydroxylation is 1. The van der Waals surface area contributed by atoms with Gasteiger partial charge in [-0.1, -0.05) is 18.2 Å². The first-order valence-corrected chi connectivity index (χ1v) is 7.56. The summed E-state index contributed by atoms with van der Waals surface area (Å²) in [5.74, 6) is 0. The fraction of sp³-hybridized carbons (Fsp3) is 0.529. The third kappa shape index (κ3) is 2.48. The highest BCUT2D eigenvalue weighted by atomic mass is 16.5. The van der Waals surface area contributed by atoms with Crippen LogP contribution in [-0.4, -0.2) is 35.8 Å². The van der Waals surface area contributed by atoms with Crippen molar-refractivity contribution in [2.24, 2.45) is 0 Å². The Hall–Kier alpha value is -1.32. The largest absolute Gasteiger partial charge is 0.379 e. The average Bonchev–Trinajstić information content (AvgIpc) is 2.81. The molecule has 0 aliphatic carbocycles. The quantitative estimate of drug-likeness (QED) is 0.852. The van der Waals surface area contributed by atoms with Gasteiger partial charge in [0.2, 0.25) is 0 Å². The molecule has 0 bridgehead atoms. The van der Waals surface area contributed by atoms with Crippen molar-refractivity contribution >= 4 is 10.9 Å². The molecule has 0 spiro atoms. The molecule has 1 aromatic carbocycles. The molecule has 20 heavy (non-hydrogen) atoms. The van der Waals surface area contributed by atoms with Crippen LogP contribution < -0.4 is 0 Å². The molecule has 3 nitrogen and oxygen atoms in total. The number of rotatable bonds is 3. The van der Waals surface area contributed by atoms with Crippen molar-refractivity contribution in [2.75, 3.05) is 26.3 Å². The SMILES string of the molecule is Cc1cccc2c(CN3CCOCC3)cn(C(C)C)c12. The molecule has 0 atom stereocenters. The molecule has 0 radical (unpaired) electrons. The molecule has 0 N–H and O–H groups in total. The molecule has 2 aromatic rings. The van der Waals surface area contributed by atoms with Gasteiger partial charge in [0, 0.05) is 37.3 Å². The zero-order valence-corrected chi connectivity index (χ0v) is 12.7. The third-order valence-electron chi connectivity index (χ3n) is 4.19. The standard InChI is InChI=1S/C17H24N2O/c1-13(2)19-12-15(11-18-7-9-20-10-8-18)16-6-4-5-14(3)17(16)19/h4-6,12-13H,7-11H2,1-3H3. The zero-order valence-electron chi connectivity index (χ0n) is 12.7. The van der Waals surface area contributed by atoms with Crippen molar-refractivity contribution in [3.05, 3.63) is 35.5 Å². The number of morpholine rings is 1. The lowest BCUT2D eigenvalue weighted by atomic mass is 10.1. The number of aromatic nitrogens is 1. The first kappa shape index (κ1) is 13.7. The first-order chi connectivity index (χ1) is 9.66. The second kappa shape index (κ2) is 5.58. The molecule has 3 rings (SSSR count). The summed E-state index contributed by atoms with van der Waals surface area (Å²) < 4.78 is 7.86. The van der Waals surface area contributed by atoms with E-state index in [9.17, 15) is 0 Å². The van der Waals surface area contributed by atoms with E-state index in [1.54, 1.807) is 0 Å². The van der Waals surface area contributed by atoms with Crippen molar-refractivity contribution in [1.82, 2.24) is 9.47 Å². The number of para-hydroxylation sites is 1. The Morgan fingerprint density at radius 3 is 2.65 bits per heavy atom. The lowest BCUT2D eigenvalue weighted by molar-refractivity contribution is 0.0343. The maximum Gasteiger partial charge on any atom is 0.0594 e. The summed E-state index contributed by atoms with van der Waals surface area (Å²) in [5, 5.41) is 1.41. The highest BCUT2D eigenvalue weighted by Crippen LogP contribution is 2.28. The zero-order chi connectivity index (χ0) is 14.1. The van der Waals surface area contributed by atoms with Crippen LogP contribution in [0.15, 0.2) is 24.4 Å². The molecule has 1 aromatic heterocycles. The fourth-order valence-electron chi connectivity index (χ4n) is 3.10. The van der Waals surface area contributed by atoms with Crippen molar-refractivity contribution in [2.45, 2.75) is 33.4 Å². The van der Waals surface area contributed by atoms with Gasteiger partial charge in [-0.15, -0.1) is 0 Å². The molecule has 2 heterocycles. The van der Waals surface area contributed by atoms with Gasteiger partial charge in [-0.25, -0.2) is 0 Å². The van der Waals surface area contributed by atoms with Crippen molar-refractivity contribution in [1.29, 1.82) is 0 Å². The second-order valence-electron chi connectivity index (χ2n) is 6.01. The topological polar surface area (TPSA) is 17.4 Å². The van der Waals surface area contributed by atoms with Gasteiger partial charge in [0.15, 0.2) is 0 Å². The van der Waals surface area contributed by atoms with Crippen molar-refractivity contribution in [3.8, 4) is 0 Å². The van der Waals surface area contributed by atoms with Crippen molar-refractivity contribution in [3.63, 3.8) is 0 Å². The molecular weight excluding hydrogens is 248 g/mol. The van der Waals surface area contributed by atoms with E-state index in [1.165, 1.54) is 22.0 Å². The predicted molar refractivity (Wildman–Crippen MR) is 83.2 cm³/mol. The Balaban J connectivity index is 2.00. The maximum atomic E-state index is 5.44. The predicted octanol–water partition coefficient (Wildman–Crippen LogP) is 3.36. The smallest absolute Gasteiger partial charge is 0.0594 e. The summed E-state index contributed by atoms with van der Waals surface area (Å²) in [4.78, 5) is 2.49. The van der Waals surface area contributed by atoms with Gasteiger partial charge >= 0.3 is 0 Å². The Morgan fingerprint density at radius 2 is 1.95 bits per heavy atom. The van der Waals surface area contributed by atoms with Gasteiger partial charge < -0.3 is 9.30 Å². The van der Waals surface area contributed by atoms with Gasteiger partial charge in [-0.2, -0.15) is 0 Å². The van der Waals surface area contributed by atoms with E-state index in [1.807, 2.05) is 0 Å². The van der Waals surface area contributed by atoms with Crippen LogP contribution in [0, 0.1) is 6.92 Å². The molecule has 1 aliphatic heterocycles. The highest BCUT2D eigenvalue weighted by molar-refractivity contribution is 5.86. The monoisotopic (exact) mass is 272 g/mol. The summed E-state index contributed by atoms with van der Waals surface area (Å²) >= 11 is 0.